The van der Waals surface area contributed by atoms with Crippen molar-refractivity contribution in [3.63, 3.8) is 0 Å². The Morgan fingerprint density at radius 2 is 2.11 bits per heavy atom. The van der Waals surface area contributed by atoms with Crippen LogP contribution in [0.15, 0.2) is 12.1 Å². The number of rotatable bonds is 0. The van der Waals surface area contributed by atoms with E-state index < -0.39 is 0 Å². The summed E-state index contributed by atoms with van der Waals surface area (Å²) in [7, 11) is 0. The maximum atomic E-state index is 5.70. The van der Waals surface area contributed by atoms with Crippen LogP contribution < -0.4 is 0 Å². The van der Waals surface area contributed by atoms with Gasteiger partial charge in [-0.2, -0.15) is 0 Å². The summed E-state index contributed by atoms with van der Waals surface area (Å²) in [5.41, 5.74) is 0.932. The Hall–Kier alpha value is -0.200. The molecule has 9 heavy (non-hydrogen) atoms. The quantitative estimate of drug-likeness (QED) is 0.546. The molecule has 1 radical (unpaired) electrons. The average molecular weight is 160 g/mol. The van der Waals surface area contributed by atoms with Gasteiger partial charge in [0.15, 0.2) is 0 Å². The van der Waals surface area contributed by atoms with Gasteiger partial charge in [0.05, 0.1) is 0 Å². The molecular formula is C7H5Cl2. The van der Waals surface area contributed by atoms with Gasteiger partial charge in [-0.15, -0.1) is 0 Å². The van der Waals surface area contributed by atoms with E-state index >= 15 is 0 Å². The second-order valence-corrected chi connectivity index (χ2v) is 2.63. The lowest BCUT2D eigenvalue weighted by Crippen LogP contribution is -1.72. The molecule has 0 amide bonds. The van der Waals surface area contributed by atoms with Crippen LogP contribution in [0, 0.1) is 13.0 Å². The van der Waals surface area contributed by atoms with Crippen molar-refractivity contribution in [3.05, 3.63) is 33.8 Å². The minimum atomic E-state index is 0.630. The van der Waals surface area contributed by atoms with Gasteiger partial charge in [-0.05, 0) is 30.7 Å². The molecule has 47 valence electrons. The average Bonchev–Trinajstić information content (AvgIpc) is 1.80. The van der Waals surface area contributed by atoms with E-state index in [-0.39, 0.29) is 0 Å². The van der Waals surface area contributed by atoms with Crippen LogP contribution in [0.1, 0.15) is 5.56 Å². The Bertz CT molecular complexity index is 218. The van der Waals surface area contributed by atoms with Crippen LogP contribution in [0.5, 0.6) is 0 Å². The summed E-state index contributed by atoms with van der Waals surface area (Å²) >= 11 is 11.3. The van der Waals surface area contributed by atoms with Crippen molar-refractivity contribution < 1.29 is 0 Å². The molecule has 1 aromatic rings. The predicted molar refractivity (Wildman–Crippen MR) is 40.0 cm³/mol. The molecule has 0 nitrogen and oxygen atoms in total. The van der Waals surface area contributed by atoms with Gasteiger partial charge in [0.25, 0.3) is 0 Å². The van der Waals surface area contributed by atoms with E-state index in [4.69, 9.17) is 23.2 Å². The van der Waals surface area contributed by atoms with E-state index in [1.165, 1.54) is 0 Å². The van der Waals surface area contributed by atoms with E-state index in [1.807, 2.05) is 6.92 Å². The van der Waals surface area contributed by atoms with Gasteiger partial charge in [-0.3, -0.25) is 0 Å². The third-order valence-electron chi connectivity index (χ3n) is 1.05. The fourth-order valence-electron chi connectivity index (χ4n) is 0.517. The fourth-order valence-corrected chi connectivity index (χ4v) is 0.909. The summed E-state index contributed by atoms with van der Waals surface area (Å²) in [6.45, 7) is 1.89. The summed E-state index contributed by atoms with van der Waals surface area (Å²) in [6.07, 6.45) is 0. The standard InChI is InChI=1S/C7H5Cl2/c1-5-2-3-6(8)4-7(5)9/h3-4H,1H3. The van der Waals surface area contributed by atoms with Crippen molar-refractivity contribution in [2.75, 3.05) is 0 Å². The fraction of sp³-hybridized carbons (Fsp3) is 0.143. The first kappa shape index (κ1) is 6.91. The minimum absolute atomic E-state index is 0.630. The molecule has 0 unspecified atom stereocenters. The highest BCUT2D eigenvalue weighted by Gasteiger charge is 1.93. The molecule has 0 heterocycles. The van der Waals surface area contributed by atoms with Gasteiger partial charge >= 0.3 is 0 Å². The van der Waals surface area contributed by atoms with Crippen molar-refractivity contribution in [3.8, 4) is 0 Å². The molecule has 0 aliphatic carbocycles. The maximum Gasteiger partial charge on any atom is 0.0456 e. The molecule has 0 fully saturated rings. The first-order valence-electron chi connectivity index (χ1n) is 2.53. The number of halogens is 2. The smallest absolute Gasteiger partial charge is 0.0456 e. The molecule has 0 saturated carbocycles. The van der Waals surface area contributed by atoms with Gasteiger partial charge < -0.3 is 0 Å². The van der Waals surface area contributed by atoms with Crippen LogP contribution in [-0.2, 0) is 0 Å². The highest BCUT2D eigenvalue weighted by Crippen LogP contribution is 2.18. The zero-order valence-corrected chi connectivity index (χ0v) is 6.42. The maximum absolute atomic E-state index is 5.70. The first-order chi connectivity index (χ1) is 4.20. The van der Waals surface area contributed by atoms with Crippen LogP contribution in [0.4, 0.5) is 0 Å². The Morgan fingerprint density at radius 1 is 1.44 bits per heavy atom. The van der Waals surface area contributed by atoms with Gasteiger partial charge in [-0.25, -0.2) is 0 Å². The van der Waals surface area contributed by atoms with Crippen LogP contribution in [0.25, 0.3) is 0 Å². The monoisotopic (exact) mass is 159 g/mol. The molecule has 0 saturated heterocycles. The van der Waals surface area contributed by atoms with E-state index in [2.05, 4.69) is 6.07 Å². The van der Waals surface area contributed by atoms with Gasteiger partial charge in [0.2, 0.25) is 0 Å². The second kappa shape index (κ2) is 2.59. The number of hydrogen-bond donors (Lipinski definition) is 0. The summed E-state index contributed by atoms with van der Waals surface area (Å²) in [5.74, 6) is 0. The molecule has 0 spiro atoms. The van der Waals surface area contributed by atoms with Crippen LogP contribution in [0.3, 0.4) is 0 Å². The lowest BCUT2D eigenvalue weighted by Gasteiger charge is -1.94. The van der Waals surface area contributed by atoms with Crippen molar-refractivity contribution >= 4 is 23.2 Å². The Kier molecular flexibility index (Phi) is 1.99. The van der Waals surface area contributed by atoms with Crippen LogP contribution >= 0.6 is 23.2 Å². The molecule has 1 rings (SSSR count). The Labute approximate surface area is 64.4 Å². The molecule has 2 heteroatoms. The SMILES string of the molecule is Cc1[c]cc(Cl)cc1Cl. The molecule has 0 atom stereocenters. The van der Waals surface area contributed by atoms with Crippen molar-refractivity contribution in [2.45, 2.75) is 6.92 Å². The topological polar surface area (TPSA) is 0 Å². The van der Waals surface area contributed by atoms with Crippen molar-refractivity contribution in [1.82, 2.24) is 0 Å². The molecule has 0 aliphatic rings. The number of hydrogen-bond acceptors (Lipinski definition) is 0. The highest BCUT2D eigenvalue weighted by atomic mass is 35.5. The number of aryl methyl sites for hydroxylation is 1. The van der Waals surface area contributed by atoms with Gasteiger partial charge in [0, 0.05) is 10.0 Å². The van der Waals surface area contributed by atoms with Gasteiger partial charge in [-0.1, -0.05) is 23.2 Å². The largest absolute Gasteiger partial charge is 0.0843 e. The Balaban J connectivity index is 3.17. The van der Waals surface area contributed by atoms with Crippen LogP contribution in [-0.4, -0.2) is 0 Å². The first-order valence-corrected chi connectivity index (χ1v) is 3.29. The number of benzene rings is 1. The molecule has 0 N–H and O–H groups in total. The summed E-state index contributed by atoms with van der Waals surface area (Å²) in [4.78, 5) is 0. The molecular weight excluding hydrogens is 155 g/mol. The summed E-state index contributed by atoms with van der Waals surface area (Å²) in [6, 6.07) is 6.30. The predicted octanol–water partition coefficient (Wildman–Crippen LogP) is 3.10. The lowest BCUT2D eigenvalue weighted by molar-refractivity contribution is 1.46. The zero-order valence-electron chi connectivity index (χ0n) is 4.91. The third kappa shape index (κ3) is 1.60. The van der Waals surface area contributed by atoms with E-state index in [1.54, 1.807) is 12.1 Å². The van der Waals surface area contributed by atoms with Crippen molar-refractivity contribution in [1.29, 1.82) is 0 Å². The Morgan fingerprint density at radius 3 is 2.56 bits per heavy atom. The third-order valence-corrected chi connectivity index (χ3v) is 1.66. The van der Waals surface area contributed by atoms with E-state index in [9.17, 15) is 0 Å². The summed E-state index contributed by atoms with van der Waals surface area (Å²) < 4.78 is 0. The molecule has 0 bridgehead atoms. The molecule has 0 aromatic heterocycles. The normalized spacial score (nSPS) is 9.67. The van der Waals surface area contributed by atoms with E-state index in [0.717, 1.165) is 5.56 Å². The zero-order chi connectivity index (χ0) is 6.85. The summed E-state index contributed by atoms with van der Waals surface area (Å²) in [5, 5.41) is 1.30. The van der Waals surface area contributed by atoms with Gasteiger partial charge in [0.1, 0.15) is 0 Å². The highest BCUT2D eigenvalue weighted by molar-refractivity contribution is 6.34. The lowest BCUT2D eigenvalue weighted by atomic mass is 10.2. The van der Waals surface area contributed by atoms with Crippen LogP contribution in [0.2, 0.25) is 10.0 Å². The van der Waals surface area contributed by atoms with Crippen molar-refractivity contribution in [2.24, 2.45) is 0 Å². The second-order valence-electron chi connectivity index (χ2n) is 1.79. The van der Waals surface area contributed by atoms with E-state index in [0.29, 0.717) is 10.0 Å². The molecule has 0 aliphatic heterocycles. The minimum Gasteiger partial charge on any atom is -0.0843 e. The molecule has 1 aromatic carbocycles.